The summed E-state index contributed by atoms with van der Waals surface area (Å²) in [4.78, 5) is 12.0. The fraction of sp³-hybridized carbons (Fsp3) is 0.381. The van der Waals surface area contributed by atoms with E-state index in [1.54, 1.807) is 12.1 Å². The molecule has 1 aliphatic heterocycles. The maximum Gasteiger partial charge on any atom is 0.343 e. The molecule has 8 heteroatoms. The van der Waals surface area contributed by atoms with Crippen molar-refractivity contribution < 1.29 is 27.1 Å². The number of rotatable bonds is 5. The van der Waals surface area contributed by atoms with Crippen LogP contribution in [0.3, 0.4) is 0 Å². The lowest BCUT2D eigenvalue weighted by atomic mass is 9.98. The van der Waals surface area contributed by atoms with Crippen LogP contribution in [0.25, 0.3) is 0 Å². The molecule has 0 aliphatic carbocycles. The van der Waals surface area contributed by atoms with Crippen molar-refractivity contribution in [3.63, 3.8) is 0 Å². The number of benzene rings is 2. The molecule has 0 spiro atoms. The maximum atomic E-state index is 14.3. The fourth-order valence-electron chi connectivity index (χ4n) is 3.28. The lowest BCUT2D eigenvalue weighted by molar-refractivity contribution is 0.0726. The third-order valence-electron chi connectivity index (χ3n) is 4.83. The summed E-state index contributed by atoms with van der Waals surface area (Å²) < 4.78 is 51.5. The van der Waals surface area contributed by atoms with Gasteiger partial charge in [-0.3, -0.25) is 0 Å². The van der Waals surface area contributed by atoms with Crippen molar-refractivity contribution in [2.24, 2.45) is 0 Å². The first-order valence-electron chi connectivity index (χ1n) is 9.40. The van der Waals surface area contributed by atoms with Gasteiger partial charge < -0.3 is 9.47 Å². The molecular weight excluding hydrogens is 397 g/mol. The Morgan fingerprint density at radius 3 is 2.45 bits per heavy atom. The molecule has 2 aromatic rings. The van der Waals surface area contributed by atoms with Gasteiger partial charge in [0.25, 0.3) is 0 Å². The van der Waals surface area contributed by atoms with Crippen LogP contribution in [0, 0.1) is 12.7 Å². The number of carbonyl (C=O) groups is 1. The number of aryl methyl sites for hydroxylation is 1. The Hall–Kier alpha value is -2.29. The van der Waals surface area contributed by atoms with Crippen LogP contribution in [0.15, 0.2) is 41.3 Å². The van der Waals surface area contributed by atoms with Crippen molar-refractivity contribution in [2.45, 2.75) is 31.6 Å². The largest absolute Gasteiger partial charge is 0.423 e. The molecule has 0 radical (unpaired) electrons. The van der Waals surface area contributed by atoms with Crippen LogP contribution in [0.1, 0.15) is 41.3 Å². The van der Waals surface area contributed by atoms with Gasteiger partial charge in [0.1, 0.15) is 16.5 Å². The Morgan fingerprint density at radius 2 is 1.83 bits per heavy atom. The number of hydrogen-bond acceptors (Lipinski definition) is 5. The van der Waals surface area contributed by atoms with E-state index in [1.807, 2.05) is 13.0 Å². The number of nitrogens with zero attached hydrogens (tertiary/aromatic N) is 1. The standard InChI is InChI=1S/C21H24FNO5S/c1-14(2)18-6-5-17(12-15(18)3)28-21(24)16-4-7-19(22)20(13-16)29(25,26)23-8-10-27-11-9-23/h4-7,12-14H,8-11H2,1-3H3. The molecule has 0 bridgehead atoms. The van der Waals surface area contributed by atoms with E-state index >= 15 is 0 Å². The van der Waals surface area contributed by atoms with Gasteiger partial charge in [0, 0.05) is 13.1 Å². The zero-order chi connectivity index (χ0) is 21.2. The molecule has 156 valence electrons. The molecular formula is C21H24FNO5S. The van der Waals surface area contributed by atoms with E-state index in [2.05, 4.69) is 13.8 Å². The van der Waals surface area contributed by atoms with Crippen LogP contribution in [0.2, 0.25) is 0 Å². The fourth-order valence-corrected chi connectivity index (χ4v) is 4.78. The van der Waals surface area contributed by atoms with Gasteiger partial charge in [0.05, 0.1) is 18.8 Å². The Balaban J connectivity index is 1.85. The van der Waals surface area contributed by atoms with E-state index in [-0.39, 0.29) is 31.9 Å². The number of esters is 1. The average molecular weight is 421 g/mol. The Bertz CT molecular complexity index is 1010. The monoisotopic (exact) mass is 421 g/mol. The second-order valence-electron chi connectivity index (χ2n) is 7.22. The first-order chi connectivity index (χ1) is 13.7. The molecule has 0 saturated carbocycles. The van der Waals surface area contributed by atoms with Crippen molar-refractivity contribution in [2.75, 3.05) is 26.3 Å². The number of carbonyl (C=O) groups excluding carboxylic acids is 1. The number of hydrogen-bond donors (Lipinski definition) is 0. The third-order valence-corrected chi connectivity index (χ3v) is 6.74. The maximum absolute atomic E-state index is 14.3. The summed E-state index contributed by atoms with van der Waals surface area (Å²) in [6, 6.07) is 8.54. The molecule has 0 N–H and O–H groups in total. The van der Waals surface area contributed by atoms with Crippen molar-refractivity contribution >= 4 is 16.0 Å². The molecule has 1 aliphatic rings. The minimum atomic E-state index is -4.07. The summed E-state index contributed by atoms with van der Waals surface area (Å²) in [5, 5.41) is 0. The number of morpholine rings is 1. The minimum Gasteiger partial charge on any atom is -0.423 e. The van der Waals surface area contributed by atoms with Crippen LogP contribution in [-0.2, 0) is 14.8 Å². The van der Waals surface area contributed by atoms with Crippen LogP contribution in [0.5, 0.6) is 5.75 Å². The van der Waals surface area contributed by atoms with Crippen molar-refractivity contribution in [1.29, 1.82) is 0 Å². The van der Waals surface area contributed by atoms with Crippen molar-refractivity contribution in [1.82, 2.24) is 4.31 Å². The third kappa shape index (κ3) is 4.66. The smallest absolute Gasteiger partial charge is 0.343 e. The summed E-state index contributed by atoms with van der Waals surface area (Å²) in [7, 11) is -4.07. The minimum absolute atomic E-state index is 0.0381. The average Bonchev–Trinajstić information content (AvgIpc) is 2.68. The van der Waals surface area contributed by atoms with Gasteiger partial charge in [-0.05, 0) is 54.3 Å². The number of sulfonamides is 1. The van der Waals surface area contributed by atoms with E-state index in [1.165, 1.54) is 6.07 Å². The Morgan fingerprint density at radius 1 is 1.14 bits per heavy atom. The second kappa shape index (κ2) is 8.61. The normalized spacial score (nSPS) is 15.5. The Labute approximate surface area is 170 Å². The lowest BCUT2D eigenvalue weighted by Crippen LogP contribution is -2.41. The van der Waals surface area contributed by atoms with Crippen molar-refractivity contribution in [3.8, 4) is 5.75 Å². The molecule has 0 unspecified atom stereocenters. The molecule has 1 heterocycles. The molecule has 1 saturated heterocycles. The van der Waals surface area contributed by atoms with E-state index < -0.39 is 26.7 Å². The zero-order valence-electron chi connectivity index (χ0n) is 16.6. The summed E-state index contributed by atoms with van der Waals surface area (Å²) in [5.41, 5.74) is 2.09. The van der Waals surface area contributed by atoms with Gasteiger partial charge in [-0.25, -0.2) is 17.6 Å². The van der Waals surface area contributed by atoms with Gasteiger partial charge in [0.15, 0.2) is 0 Å². The summed E-state index contributed by atoms with van der Waals surface area (Å²) in [6.45, 7) is 6.84. The quantitative estimate of drug-likeness (QED) is 0.546. The second-order valence-corrected chi connectivity index (χ2v) is 9.13. The van der Waals surface area contributed by atoms with Crippen molar-refractivity contribution in [3.05, 3.63) is 58.9 Å². The summed E-state index contributed by atoms with van der Waals surface area (Å²) >= 11 is 0. The molecule has 3 rings (SSSR count). The molecule has 2 aromatic carbocycles. The van der Waals surface area contributed by atoms with Gasteiger partial charge in [-0.2, -0.15) is 4.31 Å². The SMILES string of the molecule is Cc1cc(OC(=O)c2ccc(F)c(S(=O)(=O)N3CCOCC3)c2)ccc1C(C)C. The van der Waals surface area contributed by atoms with E-state index in [4.69, 9.17) is 9.47 Å². The summed E-state index contributed by atoms with van der Waals surface area (Å²) in [5.74, 6) is -0.978. The lowest BCUT2D eigenvalue weighted by Gasteiger charge is -2.26. The number of ether oxygens (including phenoxy) is 2. The first kappa shape index (κ1) is 21.4. The van der Waals surface area contributed by atoms with Crippen LogP contribution >= 0.6 is 0 Å². The molecule has 0 aromatic heterocycles. The number of halogens is 1. The zero-order valence-corrected chi connectivity index (χ0v) is 17.5. The first-order valence-corrected chi connectivity index (χ1v) is 10.8. The van der Waals surface area contributed by atoms with Crippen LogP contribution < -0.4 is 4.74 Å². The predicted octanol–water partition coefficient (Wildman–Crippen LogP) is 3.50. The highest BCUT2D eigenvalue weighted by Crippen LogP contribution is 2.25. The molecule has 0 amide bonds. The van der Waals surface area contributed by atoms with Gasteiger partial charge >= 0.3 is 5.97 Å². The highest BCUT2D eigenvalue weighted by Gasteiger charge is 2.30. The Kier molecular flexibility index (Phi) is 6.36. The van der Waals surface area contributed by atoms with E-state index in [0.717, 1.165) is 27.6 Å². The highest BCUT2D eigenvalue weighted by atomic mass is 32.2. The predicted molar refractivity (Wildman–Crippen MR) is 106 cm³/mol. The molecule has 29 heavy (non-hydrogen) atoms. The summed E-state index contributed by atoms with van der Waals surface area (Å²) in [6.07, 6.45) is 0. The molecule has 1 fully saturated rings. The molecule has 0 atom stereocenters. The topological polar surface area (TPSA) is 72.9 Å². The van der Waals surface area contributed by atoms with E-state index in [9.17, 15) is 17.6 Å². The van der Waals surface area contributed by atoms with Gasteiger partial charge in [-0.1, -0.05) is 19.9 Å². The van der Waals surface area contributed by atoms with Gasteiger partial charge in [0.2, 0.25) is 10.0 Å². The van der Waals surface area contributed by atoms with Gasteiger partial charge in [-0.15, -0.1) is 0 Å². The van der Waals surface area contributed by atoms with E-state index in [0.29, 0.717) is 11.7 Å². The molecule has 6 nitrogen and oxygen atoms in total. The van der Waals surface area contributed by atoms with Crippen LogP contribution in [0.4, 0.5) is 4.39 Å². The highest BCUT2D eigenvalue weighted by molar-refractivity contribution is 7.89. The van der Waals surface area contributed by atoms with Crippen LogP contribution in [-0.4, -0.2) is 45.0 Å².